The fourth-order valence-corrected chi connectivity index (χ4v) is 3.27. The van der Waals surface area contributed by atoms with Crippen molar-refractivity contribution < 1.29 is 4.79 Å². The molecule has 7 heteroatoms. The number of aromatic nitrogens is 4. The highest BCUT2D eigenvalue weighted by Gasteiger charge is 2.22. The molecule has 0 bridgehead atoms. The monoisotopic (exact) mass is 287 g/mol. The smallest absolute Gasteiger partial charge is 0.229 e. The molecule has 1 aliphatic heterocycles. The number of carbonyl (C=O) groups excluding carboxylic acids is 1. The first kappa shape index (κ1) is 11.7. The van der Waals surface area contributed by atoms with Gasteiger partial charge < -0.3 is 9.88 Å². The van der Waals surface area contributed by atoms with Gasteiger partial charge in [-0.05, 0) is 0 Å². The zero-order valence-electron chi connectivity index (χ0n) is 10.7. The highest BCUT2D eigenvalue weighted by Crippen LogP contribution is 2.17. The van der Waals surface area contributed by atoms with Crippen LogP contribution in [0.3, 0.4) is 0 Å². The molecule has 0 aliphatic carbocycles. The van der Waals surface area contributed by atoms with Crippen molar-refractivity contribution in [3.63, 3.8) is 0 Å². The summed E-state index contributed by atoms with van der Waals surface area (Å²) in [6.45, 7) is 1.36. The number of hydrogen-bond acceptors (Lipinski definition) is 4. The predicted octanol–water partition coefficient (Wildman–Crippen LogP) is 1.25. The maximum absolute atomic E-state index is 12.3. The maximum atomic E-state index is 12.3. The van der Waals surface area contributed by atoms with Crippen LogP contribution in [0.25, 0.3) is 4.96 Å². The van der Waals surface area contributed by atoms with Crippen LogP contribution in [0.15, 0.2) is 24.1 Å². The zero-order chi connectivity index (χ0) is 13.5. The van der Waals surface area contributed by atoms with Crippen molar-refractivity contribution in [1.29, 1.82) is 0 Å². The van der Waals surface area contributed by atoms with Gasteiger partial charge in [-0.2, -0.15) is 0 Å². The summed E-state index contributed by atoms with van der Waals surface area (Å²) in [5.41, 5.74) is 2.96. The molecule has 0 saturated heterocycles. The van der Waals surface area contributed by atoms with Crippen LogP contribution in [0, 0.1) is 0 Å². The third-order valence-corrected chi connectivity index (χ3v) is 4.37. The first-order chi connectivity index (χ1) is 9.79. The van der Waals surface area contributed by atoms with Gasteiger partial charge in [-0.3, -0.25) is 9.20 Å². The Morgan fingerprint density at radius 3 is 3.35 bits per heavy atom. The summed E-state index contributed by atoms with van der Waals surface area (Å²) in [5, 5.41) is 1.98. The van der Waals surface area contributed by atoms with Gasteiger partial charge in [0.2, 0.25) is 5.91 Å². The molecule has 1 N–H and O–H groups in total. The topological polar surface area (TPSA) is 66.3 Å². The number of imidazole rings is 2. The summed E-state index contributed by atoms with van der Waals surface area (Å²) in [5.74, 6) is 0.121. The Balaban J connectivity index is 1.49. The minimum Gasteiger partial charge on any atom is -0.347 e. The van der Waals surface area contributed by atoms with Gasteiger partial charge in [-0.15, -0.1) is 11.3 Å². The molecule has 20 heavy (non-hydrogen) atoms. The number of nitrogens with zero attached hydrogens (tertiary/aromatic N) is 4. The van der Waals surface area contributed by atoms with Crippen LogP contribution < -0.4 is 0 Å². The molecule has 0 unspecified atom stereocenters. The molecule has 1 amide bonds. The minimum absolute atomic E-state index is 0.121. The van der Waals surface area contributed by atoms with Crippen LogP contribution in [-0.2, 0) is 24.2 Å². The molecule has 0 aromatic carbocycles. The maximum Gasteiger partial charge on any atom is 0.229 e. The fourth-order valence-electron chi connectivity index (χ4n) is 2.55. The van der Waals surface area contributed by atoms with Crippen molar-refractivity contribution in [2.75, 3.05) is 6.54 Å². The Hall–Kier alpha value is -2.15. The van der Waals surface area contributed by atoms with Gasteiger partial charge in [0, 0.05) is 30.7 Å². The normalized spacial score (nSPS) is 14.7. The van der Waals surface area contributed by atoms with E-state index in [4.69, 9.17) is 0 Å². The van der Waals surface area contributed by atoms with Gasteiger partial charge in [-0.25, -0.2) is 9.97 Å². The molecule has 102 valence electrons. The molecule has 0 spiro atoms. The second-order valence-corrected chi connectivity index (χ2v) is 5.77. The second-order valence-electron chi connectivity index (χ2n) is 4.89. The lowest BCUT2D eigenvalue weighted by Gasteiger charge is -2.26. The average molecular weight is 287 g/mol. The lowest BCUT2D eigenvalue weighted by Crippen LogP contribution is -2.37. The number of aromatic amines is 1. The lowest BCUT2D eigenvalue weighted by atomic mass is 10.1. The Kier molecular flexibility index (Phi) is 2.59. The van der Waals surface area contributed by atoms with Crippen LogP contribution in [-0.4, -0.2) is 36.7 Å². The van der Waals surface area contributed by atoms with E-state index in [-0.39, 0.29) is 5.91 Å². The SMILES string of the molecule is O=C(Cc1cn2ccsc2n1)N1CCc2nc[nH]c2C1. The van der Waals surface area contributed by atoms with Gasteiger partial charge in [0.1, 0.15) is 0 Å². The van der Waals surface area contributed by atoms with Crippen molar-refractivity contribution in [2.45, 2.75) is 19.4 Å². The van der Waals surface area contributed by atoms with Crippen molar-refractivity contribution in [3.05, 3.63) is 41.2 Å². The van der Waals surface area contributed by atoms with E-state index in [2.05, 4.69) is 15.0 Å². The first-order valence-electron chi connectivity index (χ1n) is 6.49. The van der Waals surface area contributed by atoms with Crippen molar-refractivity contribution in [2.24, 2.45) is 0 Å². The van der Waals surface area contributed by atoms with Gasteiger partial charge in [0.15, 0.2) is 4.96 Å². The number of thiazole rings is 1. The predicted molar refractivity (Wildman–Crippen MR) is 74.5 cm³/mol. The zero-order valence-corrected chi connectivity index (χ0v) is 11.6. The molecule has 1 aliphatic rings. The van der Waals surface area contributed by atoms with E-state index in [1.54, 1.807) is 17.7 Å². The van der Waals surface area contributed by atoms with Crippen LogP contribution in [0.4, 0.5) is 0 Å². The molecule has 0 fully saturated rings. The second kappa shape index (κ2) is 4.45. The number of H-pyrrole nitrogens is 1. The quantitative estimate of drug-likeness (QED) is 0.771. The molecular formula is C13H13N5OS. The Morgan fingerprint density at radius 1 is 1.50 bits per heavy atom. The summed E-state index contributed by atoms with van der Waals surface area (Å²) in [4.78, 5) is 27.0. The van der Waals surface area contributed by atoms with Crippen LogP contribution in [0.5, 0.6) is 0 Å². The van der Waals surface area contributed by atoms with E-state index in [0.29, 0.717) is 13.0 Å². The Labute approximate surface area is 119 Å². The number of fused-ring (bicyclic) bond motifs is 2. The molecule has 0 saturated carbocycles. The Morgan fingerprint density at radius 2 is 2.45 bits per heavy atom. The van der Waals surface area contributed by atoms with Crippen LogP contribution >= 0.6 is 11.3 Å². The molecule has 4 heterocycles. The standard InChI is InChI=1S/C13H13N5OS/c19-12(5-9-6-18-3-4-20-13(18)16-9)17-2-1-10-11(7-17)15-8-14-10/h3-4,6,8H,1-2,5,7H2,(H,14,15). The first-order valence-corrected chi connectivity index (χ1v) is 7.37. The van der Waals surface area contributed by atoms with Crippen LogP contribution in [0.1, 0.15) is 17.1 Å². The van der Waals surface area contributed by atoms with Gasteiger partial charge in [0.25, 0.3) is 0 Å². The number of carbonyl (C=O) groups is 1. The van der Waals surface area contributed by atoms with E-state index in [9.17, 15) is 4.79 Å². The summed E-state index contributed by atoms with van der Waals surface area (Å²) in [7, 11) is 0. The van der Waals surface area contributed by atoms with Crippen molar-refractivity contribution in [3.8, 4) is 0 Å². The molecular weight excluding hydrogens is 274 g/mol. The van der Waals surface area contributed by atoms with E-state index in [1.165, 1.54) is 0 Å². The molecule has 0 radical (unpaired) electrons. The average Bonchev–Trinajstić information content (AvgIpc) is 3.11. The Bertz CT molecular complexity index is 742. The fraction of sp³-hybridized carbons (Fsp3) is 0.308. The summed E-state index contributed by atoms with van der Waals surface area (Å²) in [6.07, 6.45) is 6.76. The largest absolute Gasteiger partial charge is 0.347 e. The van der Waals surface area contributed by atoms with Crippen LogP contribution in [0.2, 0.25) is 0 Å². The highest BCUT2D eigenvalue weighted by molar-refractivity contribution is 7.15. The minimum atomic E-state index is 0.121. The molecule has 0 atom stereocenters. The third kappa shape index (κ3) is 1.90. The van der Waals surface area contributed by atoms with Crippen molar-refractivity contribution in [1.82, 2.24) is 24.3 Å². The van der Waals surface area contributed by atoms with E-state index in [1.807, 2.05) is 27.1 Å². The lowest BCUT2D eigenvalue weighted by molar-refractivity contribution is -0.131. The molecule has 3 aromatic rings. The number of nitrogens with one attached hydrogen (secondary N) is 1. The number of rotatable bonds is 2. The molecule has 3 aromatic heterocycles. The van der Waals surface area contributed by atoms with Gasteiger partial charge >= 0.3 is 0 Å². The molecule has 6 nitrogen and oxygen atoms in total. The van der Waals surface area contributed by atoms with E-state index in [0.717, 1.165) is 35.0 Å². The molecule has 4 rings (SSSR count). The van der Waals surface area contributed by atoms with E-state index >= 15 is 0 Å². The number of amides is 1. The summed E-state index contributed by atoms with van der Waals surface area (Å²) < 4.78 is 1.95. The number of hydrogen-bond donors (Lipinski definition) is 1. The summed E-state index contributed by atoms with van der Waals surface area (Å²) in [6, 6.07) is 0. The highest BCUT2D eigenvalue weighted by atomic mass is 32.1. The van der Waals surface area contributed by atoms with E-state index < -0.39 is 0 Å². The third-order valence-electron chi connectivity index (χ3n) is 3.60. The summed E-state index contributed by atoms with van der Waals surface area (Å²) >= 11 is 1.58. The van der Waals surface area contributed by atoms with Crippen molar-refractivity contribution >= 4 is 22.2 Å². The van der Waals surface area contributed by atoms with Gasteiger partial charge in [-0.1, -0.05) is 0 Å². The van der Waals surface area contributed by atoms with Gasteiger partial charge in [0.05, 0.1) is 36.4 Å².